The number of rotatable bonds is 7. The summed E-state index contributed by atoms with van der Waals surface area (Å²) in [7, 11) is 0.585. The van der Waals surface area contributed by atoms with Crippen LogP contribution in [0.2, 0.25) is 5.02 Å². The fourth-order valence-corrected chi connectivity index (χ4v) is 4.43. The summed E-state index contributed by atoms with van der Waals surface area (Å²) in [4.78, 5) is 24.9. The Morgan fingerprint density at radius 1 is 1.41 bits per heavy atom. The summed E-state index contributed by atoms with van der Waals surface area (Å²) < 4.78 is 57.3. The van der Waals surface area contributed by atoms with Crippen LogP contribution < -0.4 is 20.7 Å². The van der Waals surface area contributed by atoms with Crippen LogP contribution in [0.4, 0.5) is 23.2 Å². The number of amides is 2. The molecule has 0 spiro atoms. The van der Waals surface area contributed by atoms with E-state index in [1.807, 2.05) is 0 Å². The molecule has 0 saturated carbocycles. The van der Waals surface area contributed by atoms with Crippen molar-refractivity contribution in [3.63, 3.8) is 0 Å². The van der Waals surface area contributed by atoms with Gasteiger partial charge in [-0.25, -0.2) is 4.39 Å². The van der Waals surface area contributed by atoms with E-state index >= 15 is 0 Å². The lowest BCUT2D eigenvalue weighted by Gasteiger charge is -2.38. The third-order valence-electron chi connectivity index (χ3n) is 5.43. The number of hydrogen-bond donors (Lipinski definition) is 3. The molecule has 2 aromatic rings. The van der Waals surface area contributed by atoms with Crippen molar-refractivity contribution in [2.45, 2.75) is 43.7 Å². The minimum absolute atomic E-state index is 0.0486. The molecule has 1 fully saturated rings. The molecule has 0 aliphatic carbocycles. The van der Waals surface area contributed by atoms with Crippen LogP contribution in [0, 0.1) is 12.7 Å². The van der Waals surface area contributed by atoms with Gasteiger partial charge in [-0.2, -0.15) is 18.3 Å². The van der Waals surface area contributed by atoms with Gasteiger partial charge in [-0.05, 0) is 31.9 Å². The van der Waals surface area contributed by atoms with Crippen molar-refractivity contribution in [2.24, 2.45) is 0 Å². The van der Waals surface area contributed by atoms with Crippen LogP contribution in [0.25, 0.3) is 0 Å². The summed E-state index contributed by atoms with van der Waals surface area (Å²) in [5.74, 6) is -1.25. The number of hydrogen-bond acceptors (Lipinski definition) is 5. The van der Waals surface area contributed by atoms with Gasteiger partial charge in [0.1, 0.15) is 18.1 Å². The highest BCUT2D eigenvalue weighted by Gasteiger charge is 2.35. The molecule has 1 saturated heterocycles. The molecule has 0 unspecified atom stereocenters. The first-order valence-corrected chi connectivity index (χ1v) is 11.8. The van der Waals surface area contributed by atoms with Gasteiger partial charge in [-0.3, -0.25) is 14.3 Å². The topological polar surface area (TPSA) is 97.3 Å². The molecule has 3 N–H and O–H groups in total. The number of nitrogens with zero attached hydrogens (tertiary/aromatic N) is 2. The summed E-state index contributed by atoms with van der Waals surface area (Å²) in [6.07, 6.45) is -2.30. The van der Waals surface area contributed by atoms with Gasteiger partial charge in [0, 0.05) is 28.0 Å². The molecule has 1 aliphatic heterocycles. The maximum Gasteiger partial charge on any atom is 0.408 e. The lowest BCUT2D eigenvalue weighted by molar-refractivity contribution is -0.142. The zero-order valence-electron chi connectivity index (χ0n) is 18.4. The van der Waals surface area contributed by atoms with E-state index in [4.69, 9.17) is 16.3 Å². The quantitative estimate of drug-likeness (QED) is 0.379. The van der Waals surface area contributed by atoms with Gasteiger partial charge in [0.15, 0.2) is 6.61 Å². The summed E-state index contributed by atoms with van der Waals surface area (Å²) in [6, 6.07) is 3.30. The van der Waals surface area contributed by atoms with Crippen LogP contribution >= 0.6 is 11.6 Å². The zero-order valence-corrected chi connectivity index (χ0v) is 21.2. The van der Waals surface area contributed by atoms with Crippen LogP contribution in [0.3, 0.4) is 0 Å². The Bertz CT molecular complexity index is 1060. The third-order valence-corrected chi connectivity index (χ3v) is 6.84. The number of anilines is 1. The first-order chi connectivity index (χ1) is 15.8. The molecule has 2 atom stereocenters. The number of carbonyl (C=O) groups is 2. The van der Waals surface area contributed by atoms with Crippen LogP contribution in [-0.2, 0) is 16.1 Å². The molecule has 186 valence electrons. The van der Waals surface area contributed by atoms with E-state index < -0.39 is 35.6 Å². The molecule has 1 aliphatic rings. The molecule has 1 aromatic carbocycles. The van der Waals surface area contributed by atoms with E-state index in [1.165, 1.54) is 25.3 Å². The van der Waals surface area contributed by atoms with E-state index in [0.29, 0.717) is 29.6 Å². The minimum Gasteiger partial charge on any atom is -0.484 e. The highest BCUT2D eigenvalue weighted by atomic mass is 35.5. The molecule has 2 heterocycles. The monoisotopic (exact) mass is 521 g/mol. The van der Waals surface area contributed by atoms with Crippen LogP contribution in [0.15, 0.2) is 24.4 Å². The summed E-state index contributed by atoms with van der Waals surface area (Å²) in [5.41, 5.74) is 0.411. The van der Waals surface area contributed by atoms with E-state index in [1.54, 1.807) is 0 Å². The second-order valence-electron chi connectivity index (χ2n) is 8.35. The Balaban J connectivity index is 1.47. The van der Waals surface area contributed by atoms with Crippen LogP contribution in [-0.4, -0.2) is 62.4 Å². The maximum absolute atomic E-state index is 13.5. The van der Waals surface area contributed by atoms with Crippen LogP contribution in [0.1, 0.15) is 18.5 Å². The highest BCUT2D eigenvalue weighted by molar-refractivity contribution is 6.30. The largest absolute Gasteiger partial charge is 0.484 e. The van der Waals surface area contributed by atoms with E-state index in [2.05, 4.69) is 21.0 Å². The van der Waals surface area contributed by atoms with Gasteiger partial charge >= 0.3 is 6.18 Å². The van der Waals surface area contributed by atoms with Crippen molar-refractivity contribution in [3.8, 4) is 5.75 Å². The second-order valence-corrected chi connectivity index (χ2v) is 10.7. The maximum atomic E-state index is 13.5. The fraction of sp³-hybridized carbons (Fsp3) is 0.450. The minimum atomic E-state index is -4.42. The van der Waals surface area contributed by atoms with Gasteiger partial charge in [-0.15, -0.1) is 0 Å². The number of carbonyl (C=O) groups excluding carboxylic acids is 2. The van der Waals surface area contributed by atoms with Crippen molar-refractivity contribution in [1.29, 1.82) is 0 Å². The molecule has 2 amide bonds. The number of aromatic nitrogens is 2. The molecular weight excluding hydrogens is 498 g/mol. The Morgan fingerprint density at radius 3 is 2.76 bits per heavy atom. The van der Waals surface area contributed by atoms with Crippen molar-refractivity contribution in [3.05, 3.63) is 40.9 Å². The molecule has 34 heavy (non-hydrogen) atoms. The SMILES string of the molecule is Cc1c(NC(=O)[C@H]2CC[C@@]([SiH3])(NC(=O)COc3ccc(Cl)c(F)c3)CN2)cnn1CC(F)(F)F. The van der Waals surface area contributed by atoms with Crippen molar-refractivity contribution in [2.75, 3.05) is 18.5 Å². The Kier molecular flexibility index (Phi) is 7.88. The molecular formula is C20H24ClF4N5O3Si. The van der Waals surface area contributed by atoms with Crippen molar-refractivity contribution >= 4 is 39.3 Å². The van der Waals surface area contributed by atoms with Crippen molar-refractivity contribution < 1.29 is 31.9 Å². The fourth-order valence-electron chi connectivity index (χ4n) is 3.54. The summed E-state index contributed by atoms with van der Waals surface area (Å²) >= 11 is 5.62. The standard InChI is InChI=1S/C20H24ClF4N5O3Si/c1-11-16(7-27-30(11)10-20(23,24)25)28-18(32)15-4-5-19(34,9-26-15)29-17(31)8-33-12-2-3-13(21)14(22)6-12/h2-3,6-7,15,26H,4-5,8-10H2,1,34H3,(H,28,32)(H,29,31)/t15-,19+/m1/s1. The van der Waals surface area contributed by atoms with E-state index in [9.17, 15) is 27.2 Å². The number of alkyl halides is 3. The van der Waals surface area contributed by atoms with Gasteiger partial charge in [0.25, 0.3) is 5.91 Å². The number of benzene rings is 1. The lowest BCUT2D eigenvalue weighted by Crippen LogP contribution is -2.62. The second kappa shape index (κ2) is 10.3. The molecule has 3 rings (SSSR count). The van der Waals surface area contributed by atoms with Gasteiger partial charge in [0.2, 0.25) is 5.91 Å². The molecule has 0 radical (unpaired) electrons. The molecule has 8 nitrogen and oxygen atoms in total. The Hall–Kier alpha value is -2.64. The zero-order chi connectivity index (χ0) is 25.1. The summed E-state index contributed by atoms with van der Waals surface area (Å²) in [6.45, 7) is 0.234. The van der Waals surface area contributed by atoms with Crippen molar-refractivity contribution in [1.82, 2.24) is 20.4 Å². The first-order valence-electron chi connectivity index (χ1n) is 10.4. The highest BCUT2D eigenvalue weighted by Crippen LogP contribution is 2.23. The normalized spacial score (nSPS) is 20.7. The Labute approximate surface area is 200 Å². The number of piperidine rings is 1. The smallest absolute Gasteiger partial charge is 0.408 e. The summed E-state index contributed by atoms with van der Waals surface area (Å²) in [5, 5.41) is 11.7. The van der Waals surface area contributed by atoms with E-state index in [-0.39, 0.29) is 34.7 Å². The number of halogens is 5. The predicted octanol–water partition coefficient (Wildman–Crippen LogP) is 1.49. The third kappa shape index (κ3) is 6.93. The van der Waals surface area contributed by atoms with Gasteiger partial charge < -0.3 is 20.7 Å². The predicted molar refractivity (Wildman–Crippen MR) is 120 cm³/mol. The van der Waals surface area contributed by atoms with Gasteiger partial charge in [0.05, 0.1) is 28.6 Å². The molecule has 0 bridgehead atoms. The molecule has 14 heteroatoms. The van der Waals surface area contributed by atoms with Gasteiger partial charge in [-0.1, -0.05) is 11.6 Å². The average Bonchev–Trinajstić information content (AvgIpc) is 3.07. The Morgan fingerprint density at radius 2 is 2.15 bits per heavy atom. The molecule has 1 aromatic heterocycles. The number of ether oxygens (including phenoxy) is 1. The average molecular weight is 522 g/mol. The lowest BCUT2D eigenvalue weighted by atomic mass is 9.99. The number of nitrogens with one attached hydrogen (secondary N) is 3. The van der Waals surface area contributed by atoms with Crippen LogP contribution in [0.5, 0.6) is 5.75 Å². The first kappa shape index (κ1) is 26.0. The van der Waals surface area contributed by atoms with E-state index in [0.717, 1.165) is 10.7 Å².